The molecule has 0 saturated heterocycles. The van der Waals surface area contributed by atoms with Gasteiger partial charge in [-0.15, -0.1) is 0 Å². The molecule has 1 amide bonds. The van der Waals surface area contributed by atoms with E-state index in [9.17, 15) is 4.79 Å². The Kier molecular flexibility index (Phi) is 4.88. The smallest absolute Gasteiger partial charge is 0.221 e. The summed E-state index contributed by atoms with van der Waals surface area (Å²) in [6, 6.07) is 19.8. The van der Waals surface area contributed by atoms with Crippen LogP contribution in [0.5, 0.6) is 5.75 Å². The van der Waals surface area contributed by atoms with Crippen LogP contribution in [-0.2, 0) is 4.79 Å². The molecule has 0 radical (unpaired) electrons. The van der Waals surface area contributed by atoms with E-state index in [1.165, 1.54) is 6.92 Å². The largest absolute Gasteiger partial charge is 0.497 e. The van der Waals surface area contributed by atoms with Crippen molar-refractivity contribution < 1.29 is 9.53 Å². The molecule has 0 aliphatic rings. The summed E-state index contributed by atoms with van der Waals surface area (Å²) < 4.78 is 8.25. The standard InChI is InChI=1S/C22H18BrN3O2/c1-14(27)25-18-9-16(15-3-6-20(28-2)7-4-15)10-19(12-18)26-13-24-21-11-17(23)5-8-22(21)26/h3-13H,1-2H3,(H,25,27). The predicted molar refractivity (Wildman–Crippen MR) is 115 cm³/mol. The van der Waals surface area contributed by atoms with Gasteiger partial charge in [-0.3, -0.25) is 9.36 Å². The first-order chi connectivity index (χ1) is 13.5. The maximum atomic E-state index is 11.6. The van der Waals surface area contributed by atoms with Gasteiger partial charge in [0.15, 0.2) is 0 Å². The predicted octanol–water partition coefficient (Wildman–Crippen LogP) is 5.42. The van der Waals surface area contributed by atoms with Gasteiger partial charge in [0, 0.05) is 22.8 Å². The Bertz CT molecular complexity index is 1170. The summed E-state index contributed by atoms with van der Waals surface area (Å²) in [5.74, 6) is 0.686. The molecule has 0 saturated carbocycles. The van der Waals surface area contributed by atoms with Crippen molar-refractivity contribution in [2.75, 3.05) is 12.4 Å². The minimum atomic E-state index is -0.114. The first-order valence-electron chi connectivity index (χ1n) is 8.73. The number of anilines is 1. The second kappa shape index (κ2) is 7.48. The van der Waals surface area contributed by atoms with Crippen molar-refractivity contribution in [1.82, 2.24) is 9.55 Å². The van der Waals surface area contributed by atoms with Gasteiger partial charge in [0.05, 0.1) is 18.1 Å². The van der Waals surface area contributed by atoms with E-state index in [4.69, 9.17) is 4.74 Å². The van der Waals surface area contributed by atoms with Crippen LogP contribution in [0.2, 0.25) is 0 Å². The summed E-state index contributed by atoms with van der Waals surface area (Å²) in [7, 11) is 1.65. The van der Waals surface area contributed by atoms with Crippen LogP contribution in [0.1, 0.15) is 6.92 Å². The van der Waals surface area contributed by atoms with Gasteiger partial charge in [0.2, 0.25) is 5.91 Å². The molecule has 0 aliphatic heterocycles. The number of hydrogen-bond donors (Lipinski definition) is 1. The van der Waals surface area contributed by atoms with Crippen molar-refractivity contribution in [1.29, 1.82) is 0 Å². The number of hydrogen-bond acceptors (Lipinski definition) is 3. The van der Waals surface area contributed by atoms with E-state index in [1.807, 2.05) is 59.2 Å². The van der Waals surface area contributed by atoms with Crippen molar-refractivity contribution in [3.8, 4) is 22.6 Å². The van der Waals surface area contributed by atoms with Crippen LogP contribution in [0.3, 0.4) is 0 Å². The van der Waals surface area contributed by atoms with Gasteiger partial charge < -0.3 is 10.1 Å². The molecular formula is C22H18BrN3O2. The van der Waals surface area contributed by atoms with Crippen LogP contribution in [0, 0.1) is 0 Å². The fraction of sp³-hybridized carbons (Fsp3) is 0.0909. The lowest BCUT2D eigenvalue weighted by Gasteiger charge is -2.12. The summed E-state index contributed by atoms with van der Waals surface area (Å²) in [4.78, 5) is 16.1. The van der Waals surface area contributed by atoms with Gasteiger partial charge in [0.1, 0.15) is 12.1 Å². The maximum absolute atomic E-state index is 11.6. The van der Waals surface area contributed by atoms with Crippen LogP contribution >= 0.6 is 15.9 Å². The summed E-state index contributed by atoms with van der Waals surface area (Å²) in [6.07, 6.45) is 1.79. The zero-order valence-electron chi connectivity index (χ0n) is 15.4. The number of ether oxygens (including phenoxy) is 1. The zero-order valence-corrected chi connectivity index (χ0v) is 17.0. The maximum Gasteiger partial charge on any atom is 0.221 e. The number of benzene rings is 3. The van der Waals surface area contributed by atoms with Crippen molar-refractivity contribution in [3.63, 3.8) is 0 Å². The van der Waals surface area contributed by atoms with Crippen LogP contribution in [0.25, 0.3) is 27.8 Å². The third kappa shape index (κ3) is 3.64. The Morgan fingerprint density at radius 1 is 1.04 bits per heavy atom. The summed E-state index contributed by atoms with van der Waals surface area (Å²) in [5, 5.41) is 2.89. The van der Waals surface area contributed by atoms with Gasteiger partial charge in [-0.2, -0.15) is 0 Å². The highest BCUT2D eigenvalue weighted by atomic mass is 79.9. The van der Waals surface area contributed by atoms with Crippen molar-refractivity contribution in [2.24, 2.45) is 0 Å². The van der Waals surface area contributed by atoms with Crippen molar-refractivity contribution in [3.05, 3.63) is 71.5 Å². The Hall–Kier alpha value is -3.12. The highest BCUT2D eigenvalue weighted by Gasteiger charge is 2.10. The SMILES string of the molecule is COc1ccc(-c2cc(NC(C)=O)cc(-n3cnc4cc(Br)ccc43)c2)cc1. The fourth-order valence-corrected chi connectivity index (χ4v) is 3.52. The average molecular weight is 436 g/mol. The number of aromatic nitrogens is 2. The average Bonchev–Trinajstić information content (AvgIpc) is 3.10. The zero-order chi connectivity index (χ0) is 19.7. The van der Waals surface area contributed by atoms with Gasteiger partial charge in [0.25, 0.3) is 0 Å². The number of halogens is 1. The second-order valence-electron chi connectivity index (χ2n) is 6.43. The summed E-state index contributed by atoms with van der Waals surface area (Å²) in [6.45, 7) is 1.50. The molecule has 28 heavy (non-hydrogen) atoms. The fourth-order valence-electron chi connectivity index (χ4n) is 3.17. The number of nitrogens with one attached hydrogen (secondary N) is 1. The highest BCUT2D eigenvalue weighted by Crippen LogP contribution is 2.30. The normalized spacial score (nSPS) is 10.8. The van der Waals surface area contributed by atoms with Crippen molar-refractivity contribution >= 4 is 38.6 Å². The molecule has 4 rings (SSSR count). The molecule has 6 heteroatoms. The lowest BCUT2D eigenvalue weighted by Crippen LogP contribution is -2.06. The Morgan fingerprint density at radius 2 is 1.82 bits per heavy atom. The number of carbonyl (C=O) groups excluding carboxylic acids is 1. The Morgan fingerprint density at radius 3 is 2.54 bits per heavy atom. The molecule has 1 N–H and O–H groups in total. The Balaban J connectivity index is 1.86. The van der Waals surface area contributed by atoms with Gasteiger partial charge >= 0.3 is 0 Å². The first kappa shape index (κ1) is 18.3. The molecule has 0 fully saturated rings. The number of nitrogens with zero attached hydrogens (tertiary/aromatic N) is 2. The monoisotopic (exact) mass is 435 g/mol. The minimum Gasteiger partial charge on any atom is -0.497 e. The third-order valence-electron chi connectivity index (χ3n) is 4.45. The molecule has 1 aromatic heterocycles. The molecule has 0 spiro atoms. The number of amides is 1. The third-order valence-corrected chi connectivity index (χ3v) is 4.94. The molecule has 0 atom stereocenters. The molecule has 140 valence electrons. The van der Waals surface area contributed by atoms with Crippen LogP contribution in [0.15, 0.2) is 71.5 Å². The number of fused-ring (bicyclic) bond motifs is 1. The molecule has 4 aromatic rings. The first-order valence-corrected chi connectivity index (χ1v) is 9.53. The van der Waals surface area contributed by atoms with Crippen LogP contribution < -0.4 is 10.1 Å². The quantitative estimate of drug-likeness (QED) is 0.465. The molecule has 5 nitrogen and oxygen atoms in total. The van der Waals surface area contributed by atoms with E-state index in [0.717, 1.165) is 43.8 Å². The second-order valence-corrected chi connectivity index (χ2v) is 7.34. The Labute approximate surface area is 171 Å². The van der Waals surface area contributed by atoms with E-state index in [0.29, 0.717) is 0 Å². The molecule has 3 aromatic carbocycles. The van der Waals surface area contributed by atoms with Crippen LogP contribution in [-0.4, -0.2) is 22.6 Å². The van der Waals surface area contributed by atoms with Crippen molar-refractivity contribution in [2.45, 2.75) is 6.92 Å². The van der Waals surface area contributed by atoms with E-state index in [2.05, 4.69) is 32.3 Å². The van der Waals surface area contributed by atoms with Gasteiger partial charge in [-0.1, -0.05) is 28.1 Å². The number of rotatable bonds is 4. The van der Waals surface area contributed by atoms with E-state index < -0.39 is 0 Å². The van der Waals surface area contributed by atoms with E-state index in [-0.39, 0.29) is 5.91 Å². The summed E-state index contributed by atoms with van der Waals surface area (Å²) in [5.41, 5.74) is 5.55. The lowest BCUT2D eigenvalue weighted by molar-refractivity contribution is -0.114. The number of methoxy groups -OCH3 is 1. The number of imidazole rings is 1. The lowest BCUT2D eigenvalue weighted by atomic mass is 10.0. The van der Waals surface area contributed by atoms with Gasteiger partial charge in [-0.05, 0) is 59.7 Å². The summed E-state index contributed by atoms with van der Waals surface area (Å²) >= 11 is 3.48. The minimum absolute atomic E-state index is 0.114. The molecule has 0 unspecified atom stereocenters. The van der Waals surface area contributed by atoms with E-state index in [1.54, 1.807) is 13.4 Å². The molecule has 0 aliphatic carbocycles. The number of carbonyl (C=O) groups is 1. The molecule has 1 heterocycles. The molecular weight excluding hydrogens is 418 g/mol. The molecule has 0 bridgehead atoms. The highest BCUT2D eigenvalue weighted by molar-refractivity contribution is 9.10. The van der Waals surface area contributed by atoms with Gasteiger partial charge in [-0.25, -0.2) is 4.98 Å². The van der Waals surface area contributed by atoms with Crippen LogP contribution in [0.4, 0.5) is 5.69 Å². The topological polar surface area (TPSA) is 56.1 Å². The van der Waals surface area contributed by atoms with E-state index >= 15 is 0 Å².